The molecule has 7 nitrogen and oxygen atoms in total. The number of nitrogens with zero attached hydrogens (tertiary/aromatic N) is 3. The van der Waals surface area contributed by atoms with E-state index in [0.717, 1.165) is 24.1 Å². The molecule has 2 aromatic carbocycles. The number of carbonyl (C=O) groups excluding carboxylic acids is 2. The molecule has 1 heterocycles. The largest absolute Gasteiger partial charge is 0.349 e. The van der Waals surface area contributed by atoms with E-state index in [1.54, 1.807) is 30.5 Å². The second-order valence-electron chi connectivity index (χ2n) is 6.95. The Labute approximate surface area is 162 Å². The van der Waals surface area contributed by atoms with Crippen LogP contribution < -0.4 is 10.6 Å². The molecule has 0 aliphatic heterocycles. The summed E-state index contributed by atoms with van der Waals surface area (Å²) in [5, 5.41) is 13.9. The molecule has 2 amide bonds. The molecule has 7 heteroatoms. The Morgan fingerprint density at radius 2 is 1.75 bits per heavy atom. The zero-order valence-corrected chi connectivity index (χ0v) is 15.5. The van der Waals surface area contributed by atoms with Crippen molar-refractivity contribution in [2.45, 2.75) is 31.8 Å². The minimum Gasteiger partial charge on any atom is -0.349 e. The van der Waals surface area contributed by atoms with E-state index in [1.807, 2.05) is 37.3 Å². The molecule has 1 aromatic heterocycles. The summed E-state index contributed by atoms with van der Waals surface area (Å²) in [6.07, 6.45) is 3.68. The van der Waals surface area contributed by atoms with E-state index in [4.69, 9.17) is 0 Å². The molecular formula is C21H21N5O2. The Bertz CT molecular complexity index is 978. The number of amides is 2. The van der Waals surface area contributed by atoms with Gasteiger partial charge in [0.05, 0.1) is 17.9 Å². The van der Waals surface area contributed by atoms with Crippen molar-refractivity contribution in [3.8, 4) is 5.69 Å². The molecule has 1 fully saturated rings. The zero-order valence-electron chi connectivity index (χ0n) is 15.5. The lowest BCUT2D eigenvalue weighted by Crippen LogP contribution is -2.26. The summed E-state index contributed by atoms with van der Waals surface area (Å²) in [6.45, 7) is 1.92. The third-order valence-electron chi connectivity index (χ3n) is 4.68. The summed E-state index contributed by atoms with van der Waals surface area (Å²) in [5.74, 6) is -0.356. The van der Waals surface area contributed by atoms with Gasteiger partial charge < -0.3 is 10.6 Å². The summed E-state index contributed by atoms with van der Waals surface area (Å²) >= 11 is 0. The van der Waals surface area contributed by atoms with Gasteiger partial charge in [-0.1, -0.05) is 35.5 Å². The number of nitrogens with one attached hydrogen (secondary N) is 2. The standard InChI is InChI=1S/C21H21N5O2/c1-14(15-5-3-2-4-6-15)22-21(28)19-13-26(25-24-19)18-11-7-16(8-12-18)20(27)23-17-9-10-17/h2-8,11-14,17H,9-10H2,1H3,(H,22,28)(H,23,27). The van der Waals surface area contributed by atoms with E-state index >= 15 is 0 Å². The number of carbonyl (C=O) groups is 2. The lowest BCUT2D eigenvalue weighted by atomic mass is 10.1. The van der Waals surface area contributed by atoms with E-state index < -0.39 is 0 Å². The molecule has 4 rings (SSSR count). The van der Waals surface area contributed by atoms with Gasteiger partial charge in [0.15, 0.2) is 5.69 Å². The van der Waals surface area contributed by atoms with E-state index in [-0.39, 0.29) is 23.6 Å². The first kappa shape index (κ1) is 17.9. The van der Waals surface area contributed by atoms with Crippen molar-refractivity contribution < 1.29 is 9.59 Å². The fourth-order valence-corrected chi connectivity index (χ4v) is 2.85. The van der Waals surface area contributed by atoms with Crippen LogP contribution >= 0.6 is 0 Å². The Morgan fingerprint density at radius 1 is 1.04 bits per heavy atom. The van der Waals surface area contributed by atoms with Crippen molar-refractivity contribution >= 4 is 11.8 Å². The average Bonchev–Trinajstić information content (AvgIpc) is 3.40. The van der Waals surface area contributed by atoms with Crippen LogP contribution in [0.3, 0.4) is 0 Å². The molecule has 2 N–H and O–H groups in total. The molecule has 0 radical (unpaired) electrons. The van der Waals surface area contributed by atoms with Gasteiger partial charge in [-0.15, -0.1) is 5.10 Å². The van der Waals surface area contributed by atoms with Gasteiger partial charge in [0.2, 0.25) is 0 Å². The van der Waals surface area contributed by atoms with Crippen molar-refractivity contribution in [2.75, 3.05) is 0 Å². The molecule has 1 unspecified atom stereocenters. The van der Waals surface area contributed by atoms with Gasteiger partial charge >= 0.3 is 0 Å². The number of benzene rings is 2. The monoisotopic (exact) mass is 375 g/mol. The highest BCUT2D eigenvalue weighted by Crippen LogP contribution is 2.19. The van der Waals surface area contributed by atoms with Crippen LogP contribution in [-0.2, 0) is 0 Å². The molecule has 0 saturated heterocycles. The maximum absolute atomic E-state index is 12.4. The van der Waals surface area contributed by atoms with E-state index in [9.17, 15) is 9.59 Å². The van der Waals surface area contributed by atoms with Gasteiger partial charge in [-0.2, -0.15) is 0 Å². The topological polar surface area (TPSA) is 88.9 Å². The fraction of sp³-hybridized carbons (Fsp3) is 0.238. The second kappa shape index (κ2) is 7.64. The van der Waals surface area contributed by atoms with E-state index in [1.165, 1.54) is 4.68 Å². The molecule has 1 aliphatic carbocycles. The molecule has 3 aromatic rings. The van der Waals surface area contributed by atoms with Gasteiger partial charge in [-0.25, -0.2) is 4.68 Å². The average molecular weight is 375 g/mol. The maximum Gasteiger partial charge on any atom is 0.273 e. The first-order chi connectivity index (χ1) is 13.6. The van der Waals surface area contributed by atoms with Gasteiger partial charge in [0.1, 0.15) is 0 Å². The molecule has 1 saturated carbocycles. The number of aromatic nitrogens is 3. The van der Waals surface area contributed by atoms with Crippen molar-refractivity contribution in [2.24, 2.45) is 0 Å². The molecule has 142 valence electrons. The fourth-order valence-electron chi connectivity index (χ4n) is 2.85. The smallest absolute Gasteiger partial charge is 0.273 e. The lowest BCUT2D eigenvalue weighted by molar-refractivity contribution is 0.0931. The molecule has 1 atom stereocenters. The van der Waals surface area contributed by atoms with Crippen molar-refractivity contribution in [1.82, 2.24) is 25.6 Å². The van der Waals surface area contributed by atoms with Crippen LogP contribution in [0.15, 0.2) is 60.8 Å². The molecule has 0 spiro atoms. The second-order valence-corrected chi connectivity index (χ2v) is 6.95. The predicted molar refractivity (Wildman–Crippen MR) is 104 cm³/mol. The first-order valence-electron chi connectivity index (χ1n) is 9.29. The lowest BCUT2D eigenvalue weighted by Gasteiger charge is -2.12. The van der Waals surface area contributed by atoms with Gasteiger partial charge in [0.25, 0.3) is 11.8 Å². The Hall–Kier alpha value is -3.48. The van der Waals surface area contributed by atoms with Gasteiger partial charge in [0, 0.05) is 11.6 Å². The predicted octanol–water partition coefficient (Wildman–Crippen LogP) is 2.65. The van der Waals surface area contributed by atoms with Gasteiger partial charge in [-0.05, 0) is 49.6 Å². The summed E-state index contributed by atoms with van der Waals surface area (Å²) < 4.78 is 1.52. The van der Waals surface area contributed by atoms with E-state index in [0.29, 0.717) is 11.6 Å². The van der Waals surface area contributed by atoms with Crippen LogP contribution in [0.25, 0.3) is 5.69 Å². The number of hydrogen-bond donors (Lipinski definition) is 2. The molecular weight excluding hydrogens is 354 g/mol. The minimum absolute atomic E-state index is 0.0670. The Balaban J connectivity index is 1.42. The van der Waals surface area contributed by atoms with Crippen LogP contribution in [-0.4, -0.2) is 32.9 Å². The summed E-state index contributed by atoms with van der Waals surface area (Å²) in [5.41, 5.74) is 2.58. The van der Waals surface area contributed by atoms with Crippen molar-refractivity contribution in [3.05, 3.63) is 77.6 Å². The highest BCUT2D eigenvalue weighted by atomic mass is 16.2. The van der Waals surface area contributed by atoms with E-state index in [2.05, 4.69) is 20.9 Å². The summed E-state index contributed by atoms with van der Waals surface area (Å²) in [7, 11) is 0. The highest BCUT2D eigenvalue weighted by Gasteiger charge is 2.23. The summed E-state index contributed by atoms with van der Waals surface area (Å²) in [4.78, 5) is 24.5. The molecule has 1 aliphatic rings. The van der Waals surface area contributed by atoms with Crippen molar-refractivity contribution in [3.63, 3.8) is 0 Å². The quantitative estimate of drug-likeness (QED) is 0.693. The zero-order chi connectivity index (χ0) is 19.5. The van der Waals surface area contributed by atoms with Crippen LogP contribution in [0, 0.1) is 0 Å². The Kier molecular flexibility index (Phi) is 4.89. The Morgan fingerprint density at radius 3 is 2.43 bits per heavy atom. The third-order valence-corrected chi connectivity index (χ3v) is 4.68. The maximum atomic E-state index is 12.4. The minimum atomic E-state index is -0.289. The number of rotatable bonds is 6. The van der Waals surface area contributed by atoms with Crippen molar-refractivity contribution in [1.29, 1.82) is 0 Å². The molecule has 28 heavy (non-hydrogen) atoms. The molecule has 0 bridgehead atoms. The third kappa shape index (κ3) is 4.09. The van der Waals surface area contributed by atoms with Crippen LogP contribution in [0.1, 0.15) is 52.2 Å². The SMILES string of the molecule is CC(NC(=O)c1cn(-c2ccc(C(=O)NC3CC3)cc2)nn1)c1ccccc1. The number of hydrogen-bond acceptors (Lipinski definition) is 4. The van der Waals surface area contributed by atoms with Crippen LogP contribution in [0.5, 0.6) is 0 Å². The normalized spacial score (nSPS) is 14.3. The van der Waals surface area contributed by atoms with Crippen LogP contribution in [0.4, 0.5) is 0 Å². The summed E-state index contributed by atoms with van der Waals surface area (Å²) in [6, 6.07) is 17.0. The highest BCUT2D eigenvalue weighted by molar-refractivity contribution is 5.94. The van der Waals surface area contributed by atoms with Crippen LogP contribution in [0.2, 0.25) is 0 Å². The van der Waals surface area contributed by atoms with Gasteiger partial charge in [-0.3, -0.25) is 9.59 Å². The first-order valence-corrected chi connectivity index (χ1v) is 9.29.